The molecule has 0 unspecified atom stereocenters. The lowest BCUT2D eigenvalue weighted by Gasteiger charge is -2.28. The third kappa shape index (κ3) is 6.69. The molecule has 1 amide bonds. The summed E-state index contributed by atoms with van der Waals surface area (Å²) in [6, 6.07) is 7.36. The molecule has 1 aliphatic carbocycles. The number of nitrogens with zero attached hydrogens (tertiary/aromatic N) is 2. The highest BCUT2D eigenvalue weighted by Gasteiger charge is 2.38. The Morgan fingerprint density at radius 1 is 1.06 bits per heavy atom. The van der Waals surface area contributed by atoms with E-state index in [0.29, 0.717) is 11.5 Å². The van der Waals surface area contributed by atoms with Crippen molar-refractivity contribution in [2.75, 3.05) is 0 Å². The summed E-state index contributed by atoms with van der Waals surface area (Å²) in [5, 5.41) is 25.6. The van der Waals surface area contributed by atoms with Gasteiger partial charge in [-0.05, 0) is 49.3 Å². The van der Waals surface area contributed by atoms with Crippen molar-refractivity contribution >= 4 is 17.8 Å². The molecular formula is C18H19F3N4O6. The summed E-state index contributed by atoms with van der Waals surface area (Å²) >= 11 is 0. The minimum atomic E-state index is -5.08. The average Bonchev–Trinajstić information content (AvgIpc) is 3.17. The van der Waals surface area contributed by atoms with Gasteiger partial charge in [-0.2, -0.15) is 13.2 Å². The number of aromatic nitrogens is 3. The van der Waals surface area contributed by atoms with Crippen LogP contribution in [0.5, 0.6) is 5.88 Å². The number of aliphatic carboxylic acids is 1. The molecule has 0 aliphatic heterocycles. The van der Waals surface area contributed by atoms with Crippen LogP contribution < -0.4 is 10.5 Å². The molecule has 1 aromatic heterocycles. The Hall–Kier alpha value is -3.64. The monoisotopic (exact) mass is 444 g/mol. The van der Waals surface area contributed by atoms with Gasteiger partial charge in [0.05, 0.1) is 0 Å². The molecule has 1 aromatic carbocycles. The number of halogens is 3. The van der Waals surface area contributed by atoms with Crippen molar-refractivity contribution in [1.29, 1.82) is 0 Å². The number of nitrogens with one attached hydrogen (secondary N) is 1. The molecule has 168 valence electrons. The van der Waals surface area contributed by atoms with Crippen molar-refractivity contribution in [3.8, 4) is 5.88 Å². The number of aromatic amines is 1. The number of carboxylic acid groups (broad SMARTS) is 2. The Kier molecular flexibility index (Phi) is 7.56. The lowest BCUT2D eigenvalue weighted by atomic mass is 9.82. The van der Waals surface area contributed by atoms with Crippen molar-refractivity contribution < 1.29 is 42.5 Å². The minimum Gasteiger partial charge on any atom is -0.476 e. The van der Waals surface area contributed by atoms with Crippen LogP contribution in [-0.4, -0.2) is 55.7 Å². The molecule has 31 heavy (non-hydrogen) atoms. The third-order valence-electron chi connectivity index (χ3n) is 4.59. The largest absolute Gasteiger partial charge is 0.490 e. The number of carboxylic acids is 2. The van der Waals surface area contributed by atoms with Crippen molar-refractivity contribution in [2.24, 2.45) is 5.73 Å². The fourth-order valence-electron chi connectivity index (χ4n) is 3.03. The van der Waals surface area contributed by atoms with Crippen LogP contribution in [0.3, 0.4) is 0 Å². The van der Waals surface area contributed by atoms with E-state index >= 15 is 0 Å². The molecule has 2 aromatic rings. The molecule has 1 aliphatic rings. The molecule has 0 radical (unpaired) electrons. The van der Waals surface area contributed by atoms with Crippen LogP contribution in [0.25, 0.3) is 0 Å². The van der Waals surface area contributed by atoms with Gasteiger partial charge >= 0.3 is 18.1 Å². The van der Waals surface area contributed by atoms with E-state index in [1.54, 1.807) is 12.1 Å². The van der Waals surface area contributed by atoms with Crippen LogP contribution in [0.15, 0.2) is 24.3 Å². The van der Waals surface area contributed by atoms with Crippen LogP contribution in [0.4, 0.5) is 13.2 Å². The first-order valence-electron chi connectivity index (χ1n) is 9.00. The number of H-pyrrole nitrogens is 1. The molecule has 5 N–H and O–H groups in total. The Bertz CT molecular complexity index is 921. The maximum Gasteiger partial charge on any atom is 0.490 e. The van der Waals surface area contributed by atoms with Crippen LogP contribution in [0.1, 0.15) is 58.0 Å². The van der Waals surface area contributed by atoms with Gasteiger partial charge in [0.1, 0.15) is 6.10 Å². The zero-order valence-electron chi connectivity index (χ0n) is 15.9. The lowest BCUT2D eigenvalue weighted by molar-refractivity contribution is -0.192. The standard InChI is InChI=1S/C16H18N4O4.C2HF3O2/c17-14(21)11-3-1-9(2-4-11)10-5-7-12(8-6-10)24-15-13(16(22)23)18-20-19-15;3-2(4,5)1(6)7/h1-4,10,12H,5-8H2,(H2,17,21)(H,22,23)(H,18,19,20);(H,6,7)/t10-,12-;. The van der Waals surface area contributed by atoms with Gasteiger partial charge in [0.2, 0.25) is 11.6 Å². The van der Waals surface area contributed by atoms with E-state index in [2.05, 4.69) is 15.4 Å². The van der Waals surface area contributed by atoms with Crippen LogP contribution in [-0.2, 0) is 4.79 Å². The second kappa shape index (κ2) is 9.91. The summed E-state index contributed by atoms with van der Waals surface area (Å²) in [6.07, 6.45) is -1.72. The minimum absolute atomic E-state index is 0.0387. The summed E-state index contributed by atoms with van der Waals surface area (Å²) < 4.78 is 37.4. The van der Waals surface area contributed by atoms with Gasteiger partial charge in [-0.1, -0.05) is 22.4 Å². The predicted molar refractivity (Wildman–Crippen MR) is 97.6 cm³/mol. The van der Waals surface area contributed by atoms with Gasteiger partial charge in [0.15, 0.2) is 0 Å². The summed E-state index contributed by atoms with van der Waals surface area (Å²) in [7, 11) is 0. The fraction of sp³-hybridized carbons (Fsp3) is 0.389. The van der Waals surface area contributed by atoms with Crippen LogP contribution in [0, 0.1) is 0 Å². The van der Waals surface area contributed by atoms with Gasteiger partial charge in [-0.15, -0.1) is 0 Å². The van der Waals surface area contributed by atoms with Gasteiger partial charge in [-0.25, -0.2) is 14.7 Å². The number of nitrogens with two attached hydrogens (primary N) is 1. The topological polar surface area (TPSA) is 168 Å². The maximum absolute atomic E-state index is 11.1. The first-order chi connectivity index (χ1) is 14.5. The SMILES string of the molecule is NC(=O)c1ccc([C@H]2CC[C@H](Oc3nn[nH]c3C(=O)O)CC2)cc1.O=C(O)C(F)(F)F. The highest BCUT2D eigenvalue weighted by Crippen LogP contribution is 2.34. The first-order valence-corrected chi connectivity index (χ1v) is 9.00. The molecule has 1 heterocycles. The number of carbonyl (C=O) groups excluding carboxylic acids is 1. The smallest absolute Gasteiger partial charge is 0.476 e. The number of hydrogen-bond donors (Lipinski definition) is 4. The zero-order valence-corrected chi connectivity index (χ0v) is 15.9. The number of benzene rings is 1. The maximum atomic E-state index is 11.1. The highest BCUT2D eigenvalue weighted by molar-refractivity contribution is 5.92. The molecule has 0 atom stereocenters. The number of ether oxygens (including phenoxy) is 1. The molecule has 0 saturated heterocycles. The molecule has 0 bridgehead atoms. The quantitative estimate of drug-likeness (QED) is 0.545. The third-order valence-corrected chi connectivity index (χ3v) is 4.59. The summed E-state index contributed by atoms with van der Waals surface area (Å²) in [4.78, 5) is 31.0. The Balaban J connectivity index is 0.000000423. The second-order valence-corrected chi connectivity index (χ2v) is 6.68. The molecule has 1 saturated carbocycles. The molecular weight excluding hydrogens is 425 g/mol. The number of alkyl halides is 3. The van der Waals surface area contributed by atoms with E-state index in [1.807, 2.05) is 12.1 Å². The van der Waals surface area contributed by atoms with Crippen LogP contribution >= 0.6 is 0 Å². The van der Waals surface area contributed by atoms with Crippen LogP contribution in [0.2, 0.25) is 0 Å². The van der Waals surface area contributed by atoms with Gasteiger partial charge < -0.3 is 20.7 Å². The van der Waals surface area contributed by atoms with Crippen molar-refractivity contribution in [3.63, 3.8) is 0 Å². The number of carbonyl (C=O) groups is 3. The Morgan fingerprint density at radius 2 is 1.61 bits per heavy atom. The summed E-state index contributed by atoms with van der Waals surface area (Å²) in [6.45, 7) is 0. The predicted octanol–water partition coefficient (Wildman–Crippen LogP) is 2.34. The number of rotatable bonds is 5. The molecule has 10 nitrogen and oxygen atoms in total. The van der Waals surface area contributed by atoms with Gasteiger partial charge in [-0.3, -0.25) is 4.79 Å². The highest BCUT2D eigenvalue weighted by atomic mass is 19.4. The summed E-state index contributed by atoms with van der Waals surface area (Å²) in [5.74, 6) is -3.90. The van der Waals surface area contributed by atoms with E-state index in [1.165, 1.54) is 5.56 Å². The van der Waals surface area contributed by atoms with Crippen molar-refractivity contribution in [2.45, 2.75) is 43.9 Å². The molecule has 0 spiro atoms. The number of aromatic carboxylic acids is 1. The van der Waals surface area contributed by atoms with Crippen molar-refractivity contribution in [1.82, 2.24) is 15.4 Å². The number of amides is 1. The van der Waals surface area contributed by atoms with E-state index in [9.17, 15) is 22.8 Å². The second-order valence-electron chi connectivity index (χ2n) is 6.68. The number of hydrogen-bond acceptors (Lipinski definition) is 6. The van der Waals surface area contributed by atoms with E-state index in [4.69, 9.17) is 25.5 Å². The van der Waals surface area contributed by atoms with Gasteiger partial charge in [0.25, 0.3) is 5.88 Å². The fourth-order valence-corrected chi connectivity index (χ4v) is 3.03. The number of primary amides is 1. The first kappa shape index (κ1) is 23.6. The van der Waals surface area contributed by atoms with E-state index in [-0.39, 0.29) is 17.7 Å². The van der Waals surface area contributed by atoms with E-state index in [0.717, 1.165) is 25.7 Å². The molecule has 13 heteroatoms. The lowest BCUT2D eigenvalue weighted by Crippen LogP contribution is -2.24. The molecule has 1 fully saturated rings. The van der Waals surface area contributed by atoms with Crippen molar-refractivity contribution in [3.05, 3.63) is 41.1 Å². The normalized spacial score (nSPS) is 18.4. The van der Waals surface area contributed by atoms with E-state index < -0.39 is 24.0 Å². The zero-order chi connectivity index (χ0) is 23.2. The Labute approximate surface area is 173 Å². The average molecular weight is 444 g/mol. The van der Waals surface area contributed by atoms with Gasteiger partial charge in [0, 0.05) is 5.56 Å². The Morgan fingerprint density at radius 3 is 2.06 bits per heavy atom. The summed E-state index contributed by atoms with van der Waals surface area (Å²) in [5.41, 5.74) is 6.80. The molecule has 3 rings (SSSR count).